The normalized spacial score (nSPS) is 10.8. The predicted molar refractivity (Wildman–Crippen MR) is 114 cm³/mol. The molecule has 0 bridgehead atoms. The van der Waals surface area contributed by atoms with Crippen LogP contribution in [0.15, 0.2) is 109 Å². The molecule has 0 saturated heterocycles. The Hall–Kier alpha value is -2.90. The number of hydrogen-bond donors (Lipinski definition) is 0. The zero-order chi connectivity index (χ0) is 17.8. The van der Waals surface area contributed by atoms with Crippen LogP contribution in [0.25, 0.3) is 11.1 Å². The van der Waals surface area contributed by atoms with Gasteiger partial charge in [0.2, 0.25) is 0 Å². The van der Waals surface area contributed by atoms with E-state index in [0.29, 0.717) is 0 Å². The van der Waals surface area contributed by atoms with Gasteiger partial charge in [0.1, 0.15) is 0 Å². The van der Waals surface area contributed by atoms with Gasteiger partial charge in [-0.1, -0.05) is 125 Å². The fraction of sp³-hybridized carbons (Fsp3) is 0.0400. The molecule has 4 aromatic carbocycles. The Bertz CT molecular complexity index is 934. The summed E-state index contributed by atoms with van der Waals surface area (Å²) in [5.41, 5.74) is 3.93. The number of rotatable bonds is 4. The van der Waals surface area contributed by atoms with E-state index in [1.54, 1.807) is 0 Å². The number of aryl methyl sites for hydroxylation is 1. The average Bonchev–Trinajstić information content (AvgIpc) is 2.71. The highest BCUT2D eigenvalue weighted by Gasteiger charge is 2.22. The van der Waals surface area contributed by atoms with Gasteiger partial charge in [-0.3, -0.25) is 0 Å². The minimum atomic E-state index is -1.06. The van der Waals surface area contributed by atoms with E-state index in [0.717, 1.165) is 0 Å². The molecule has 0 heterocycles. The molecule has 1 radical (unpaired) electrons. The van der Waals surface area contributed by atoms with Crippen molar-refractivity contribution in [3.8, 4) is 11.1 Å². The van der Waals surface area contributed by atoms with Crippen molar-refractivity contribution in [2.45, 2.75) is 6.92 Å². The molecule has 0 atom stereocenters. The summed E-state index contributed by atoms with van der Waals surface area (Å²) in [6, 6.07) is 39.6. The van der Waals surface area contributed by atoms with E-state index in [9.17, 15) is 0 Å². The summed E-state index contributed by atoms with van der Waals surface area (Å²) < 4.78 is 0. The highest BCUT2D eigenvalue weighted by molar-refractivity contribution is 6.96. The van der Waals surface area contributed by atoms with Crippen molar-refractivity contribution in [2.24, 2.45) is 0 Å². The summed E-state index contributed by atoms with van der Waals surface area (Å²) in [4.78, 5) is 0. The Morgan fingerprint density at radius 1 is 0.500 bits per heavy atom. The summed E-state index contributed by atoms with van der Waals surface area (Å²) in [6.45, 7) is 2.14. The average molecular weight is 350 g/mol. The molecule has 0 aliphatic rings. The Labute approximate surface area is 157 Å². The summed E-state index contributed by atoms with van der Waals surface area (Å²) in [5.74, 6) is 0. The summed E-state index contributed by atoms with van der Waals surface area (Å²) in [7, 11) is -1.06. The van der Waals surface area contributed by atoms with Gasteiger partial charge in [-0.25, -0.2) is 0 Å². The van der Waals surface area contributed by atoms with Crippen LogP contribution in [0.1, 0.15) is 5.56 Å². The van der Waals surface area contributed by atoms with Crippen molar-refractivity contribution in [1.82, 2.24) is 0 Å². The van der Waals surface area contributed by atoms with Gasteiger partial charge in [0.15, 0.2) is 8.80 Å². The third kappa shape index (κ3) is 3.40. The van der Waals surface area contributed by atoms with Gasteiger partial charge in [0.25, 0.3) is 0 Å². The quantitative estimate of drug-likeness (QED) is 0.383. The monoisotopic (exact) mass is 349 g/mol. The molecule has 125 valence electrons. The predicted octanol–water partition coefficient (Wildman–Crippen LogP) is 4.18. The molecule has 0 aliphatic carbocycles. The maximum atomic E-state index is 2.31. The number of benzene rings is 4. The van der Waals surface area contributed by atoms with E-state index in [4.69, 9.17) is 0 Å². The zero-order valence-corrected chi connectivity index (χ0v) is 15.9. The van der Waals surface area contributed by atoms with Crippen molar-refractivity contribution in [1.29, 1.82) is 0 Å². The zero-order valence-electron chi connectivity index (χ0n) is 14.9. The van der Waals surface area contributed by atoms with Crippen LogP contribution in [0.5, 0.6) is 0 Å². The maximum Gasteiger partial charge on any atom is 0.155 e. The first-order chi connectivity index (χ1) is 12.8. The van der Waals surface area contributed by atoms with Crippen molar-refractivity contribution in [2.75, 3.05) is 0 Å². The molecule has 0 saturated carbocycles. The summed E-state index contributed by atoms with van der Waals surface area (Å²) >= 11 is 0. The van der Waals surface area contributed by atoms with Crippen molar-refractivity contribution >= 4 is 24.4 Å². The minimum Gasteiger partial charge on any atom is -0.0624 e. The van der Waals surface area contributed by atoms with Gasteiger partial charge in [0, 0.05) is 0 Å². The molecule has 4 aromatic rings. The van der Waals surface area contributed by atoms with Gasteiger partial charge >= 0.3 is 0 Å². The van der Waals surface area contributed by atoms with Crippen molar-refractivity contribution in [3.63, 3.8) is 0 Å². The van der Waals surface area contributed by atoms with Gasteiger partial charge in [0.05, 0.1) is 0 Å². The van der Waals surface area contributed by atoms with Crippen molar-refractivity contribution < 1.29 is 0 Å². The molecule has 26 heavy (non-hydrogen) atoms. The van der Waals surface area contributed by atoms with Crippen LogP contribution in [0.2, 0.25) is 0 Å². The van der Waals surface area contributed by atoms with Crippen LogP contribution in [0.3, 0.4) is 0 Å². The second kappa shape index (κ2) is 7.55. The Morgan fingerprint density at radius 3 is 1.58 bits per heavy atom. The third-order valence-corrected chi connectivity index (χ3v) is 7.48. The third-order valence-electron chi connectivity index (χ3n) is 4.68. The molecule has 0 unspecified atom stereocenters. The van der Waals surface area contributed by atoms with Crippen LogP contribution < -0.4 is 15.6 Å². The van der Waals surface area contributed by atoms with E-state index in [-0.39, 0.29) is 0 Å². The Balaban J connectivity index is 1.91. The fourth-order valence-electron chi connectivity index (χ4n) is 3.37. The van der Waals surface area contributed by atoms with Gasteiger partial charge < -0.3 is 0 Å². The first-order valence-electron chi connectivity index (χ1n) is 8.97. The Kier molecular flexibility index (Phi) is 4.81. The van der Waals surface area contributed by atoms with Gasteiger partial charge in [-0.15, -0.1) is 0 Å². The molecule has 1 heteroatoms. The van der Waals surface area contributed by atoms with Gasteiger partial charge in [-0.2, -0.15) is 0 Å². The van der Waals surface area contributed by atoms with Crippen LogP contribution in [0, 0.1) is 6.92 Å². The molecule has 0 amide bonds. The van der Waals surface area contributed by atoms with E-state index in [2.05, 4.69) is 116 Å². The summed E-state index contributed by atoms with van der Waals surface area (Å²) in [5, 5.41) is 4.28. The van der Waals surface area contributed by atoms with Crippen LogP contribution >= 0.6 is 0 Å². The molecule has 0 fully saturated rings. The Morgan fingerprint density at radius 2 is 1.00 bits per heavy atom. The first-order valence-corrected chi connectivity index (χ1v) is 10.5. The molecule has 4 rings (SSSR count). The van der Waals surface area contributed by atoms with E-state index in [1.165, 1.54) is 32.3 Å². The second-order valence-electron chi connectivity index (χ2n) is 6.52. The molecule has 0 nitrogen and oxygen atoms in total. The molecular weight excluding hydrogens is 328 g/mol. The minimum absolute atomic E-state index is 1.06. The molecule has 0 aliphatic heterocycles. The van der Waals surface area contributed by atoms with Gasteiger partial charge in [-0.05, 0) is 23.2 Å². The SMILES string of the molecule is Cc1ccc(-c2ccccc2[Si](c2ccccc2)c2ccccc2)cc1. The lowest BCUT2D eigenvalue weighted by atomic mass is 10.0. The second-order valence-corrected chi connectivity index (χ2v) is 8.96. The van der Waals surface area contributed by atoms with Crippen LogP contribution in [-0.4, -0.2) is 8.80 Å². The molecule has 0 spiro atoms. The highest BCUT2D eigenvalue weighted by Crippen LogP contribution is 2.18. The number of hydrogen-bond acceptors (Lipinski definition) is 0. The first kappa shape index (κ1) is 16.6. The largest absolute Gasteiger partial charge is 0.155 e. The van der Waals surface area contributed by atoms with E-state index >= 15 is 0 Å². The maximum absolute atomic E-state index is 2.31. The van der Waals surface area contributed by atoms with E-state index < -0.39 is 8.80 Å². The molecule has 0 N–H and O–H groups in total. The van der Waals surface area contributed by atoms with Crippen LogP contribution in [0.4, 0.5) is 0 Å². The standard InChI is InChI=1S/C25H21Si/c1-20-16-18-21(19-17-20)24-14-8-9-15-25(24)26(22-10-4-2-5-11-22)23-12-6-3-7-13-23/h2-19H,1H3. The molecule has 0 aromatic heterocycles. The lowest BCUT2D eigenvalue weighted by molar-refractivity contribution is 1.47. The van der Waals surface area contributed by atoms with E-state index in [1.807, 2.05) is 0 Å². The summed E-state index contributed by atoms with van der Waals surface area (Å²) in [6.07, 6.45) is 0. The highest BCUT2D eigenvalue weighted by atomic mass is 28.3. The van der Waals surface area contributed by atoms with Crippen LogP contribution in [-0.2, 0) is 0 Å². The topological polar surface area (TPSA) is 0 Å². The molecular formula is C25H21Si. The van der Waals surface area contributed by atoms with Crippen molar-refractivity contribution in [3.05, 3.63) is 115 Å². The lowest BCUT2D eigenvalue weighted by Crippen LogP contribution is -2.52. The lowest BCUT2D eigenvalue weighted by Gasteiger charge is -2.20. The smallest absolute Gasteiger partial charge is 0.0624 e. The fourth-order valence-corrected chi connectivity index (χ4v) is 6.14.